The summed E-state index contributed by atoms with van der Waals surface area (Å²) in [7, 11) is 0. The van der Waals surface area contributed by atoms with Gasteiger partial charge in [-0.25, -0.2) is 9.97 Å². The van der Waals surface area contributed by atoms with Gasteiger partial charge < -0.3 is 4.79 Å². The lowest BCUT2D eigenvalue weighted by molar-refractivity contribution is -0.117. The van der Waals surface area contributed by atoms with Crippen molar-refractivity contribution in [3.63, 3.8) is 0 Å². The number of hydrogen-bond acceptors (Lipinski definition) is 4. The summed E-state index contributed by atoms with van der Waals surface area (Å²) in [5.74, 6) is 1.17. The van der Waals surface area contributed by atoms with Crippen LogP contribution in [0.4, 0.5) is 0 Å². The Bertz CT molecular complexity index is 522. The summed E-state index contributed by atoms with van der Waals surface area (Å²) in [5, 5.41) is 2.09. The third-order valence-corrected chi connectivity index (χ3v) is 3.51. The van der Waals surface area contributed by atoms with E-state index in [-0.39, 0.29) is 5.78 Å². The van der Waals surface area contributed by atoms with Gasteiger partial charge in [-0.1, -0.05) is 18.2 Å². The fraction of sp³-hybridized carbons (Fsp3) is 0.308. The molecule has 1 heterocycles. The number of carbonyl (C=O) groups is 1. The van der Waals surface area contributed by atoms with E-state index in [2.05, 4.69) is 9.97 Å². The molecule has 17 heavy (non-hydrogen) atoms. The van der Waals surface area contributed by atoms with Crippen molar-refractivity contribution in [2.75, 3.05) is 5.75 Å². The average Bonchev–Trinajstić information content (AvgIpc) is 2.34. The van der Waals surface area contributed by atoms with Crippen LogP contribution < -0.4 is 0 Å². The molecule has 1 aromatic carbocycles. The lowest BCUT2D eigenvalue weighted by Crippen LogP contribution is -1.92. The minimum absolute atomic E-state index is 0.248. The summed E-state index contributed by atoms with van der Waals surface area (Å²) in [5.41, 5.74) is 0.969. The summed E-state index contributed by atoms with van der Waals surface area (Å²) in [6, 6.07) is 7.98. The number of benzene rings is 1. The number of fused-ring (bicyclic) bond motifs is 1. The Balaban J connectivity index is 2.05. The molecule has 0 aliphatic heterocycles. The van der Waals surface area contributed by atoms with Crippen LogP contribution in [0.3, 0.4) is 0 Å². The number of nitrogens with zero attached hydrogens (tertiary/aromatic N) is 2. The maximum absolute atomic E-state index is 10.8. The van der Waals surface area contributed by atoms with Crippen molar-refractivity contribution in [2.24, 2.45) is 0 Å². The maximum Gasteiger partial charge on any atom is 0.129 e. The van der Waals surface area contributed by atoms with E-state index >= 15 is 0 Å². The van der Waals surface area contributed by atoms with Gasteiger partial charge in [0, 0.05) is 11.8 Å². The van der Waals surface area contributed by atoms with Gasteiger partial charge in [0.05, 0.1) is 5.52 Å². The molecule has 2 aromatic rings. The van der Waals surface area contributed by atoms with Crippen molar-refractivity contribution < 1.29 is 4.79 Å². The molecule has 0 N–H and O–H groups in total. The van der Waals surface area contributed by atoms with Gasteiger partial charge in [0.2, 0.25) is 0 Å². The topological polar surface area (TPSA) is 42.9 Å². The molecule has 0 aliphatic rings. The van der Waals surface area contributed by atoms with Crippen molar-refractivity contribution in [2.45, 2.75) is 24.8 Å². The zero-order chi connectivity index (χ0) is 12.1. The number of ketones is 1. The van der Waals surface area contributed by atoms with Crippen molar-refractivity contribution in [3.8, 4) is 0 Å². The molecule has 0 saturated heterocycles. The van der Waals surface area contributed by atoms with Gasteiger partial charge >= 0.3 is 0 Å². The minimum atomic E-state index is 0.248. The van der Waals surface area contributed by atoms with Crippen molar-refractivity contribution >= 4 is 28.4 Å². The number of aromatic nitrogens is 2. The largest absolute Gasteiger partial charge is 0.300 e. The van der Waals surface area contributed by atoms with Crippen LogP contribution in [-0.2, 0) is 4.79 Å². The second kappa shape index (κ2) is 5.77. The average molecular weight is 246 g/mol. The number of carbonyl (C=O) groups excluding carboxylic acids is 1. The van der Waals surface area contributed by atoms with Gasteiger partial charge in [-0.3, -0.25) is 0 Å². The lowest BCUT2D eigenvalue weighted by atomic mass is 10.2. The molecular weight excluding hydrogens is 232 g/mol. The molecular formula is C13H14N2OS. The molecule has 0 radical (unpaired) electrons. The Morgan fingerprint density at radius 1 is 1.29 bits per heavy atom. The second-order valence-corrected chi connectivity index (χ2v) is 4.93. The number of Topliss-reactive ketones (excluding diaryl/α,β-unsaturated/α-hetero) is 1. The fourth-order valence-electron chi connectivity index (χ4n) is 1.59. The molecule has 0 atom stereocenters. The van der Waals surface area contributed by atoms with Gasteiger partial charge in [0.1, 0.15) is 17.1 Å². The molecule has 0 unspecified atom stereocenters. The first-order valence-electron chi connectivity index (χ1n) is 5.59. The van der Waals surface area contributed by atoms with E-state index < -0.39 is 0 Å². The van der Waals surface area contributed by atoms with E-state index in [9.17, 15) is 4.79 Å². The monoisotopic (exact) mass is 246 g/mol. The summed E-state index contributed by atoms with van der Waals surface area (Å²) in [6.07, 6.45) is 3.14. The molecule has 0 aliphatic carbocycles. The van der Waals surface area contributed by atoms with E-state index in [1.807, 2.05) is 24.3 Å². The van der Waals surface area contributed by atoms with Crippen LogP contribution in [0, 0.1) is 0 Å². The van der Waals surface area contributed by atoms with Gasteiger partial charge in [0.25, 0.3) is 0 Å². The van der Waals surface area contributed by atoms with Crippen LogP contribution >= 0.6 is 11.8 Å². The third kappa shape index (κ3) is 3.27. The molecule has 0 bridgehead atoms. The van der Waals surface area contributed by atoms with Gasteiger partial charge in [0.15, 0.2) is 0 Å². The number of rotatable bonds is 5. The molecule has 1 aromatic heterocycles. The van der Waals surface area contributed by atoms with Crippen LogP contribution in [0.15, 0.2) is 35.6 Å². The van der Waals surface area contributed by atoms with Gasteiger partial charge in [-0.15, -0.1) is 11.8 Å². The minimum Gasteiger partial charge on any atom is -0.300 e. The normalized spacial score (nSPS) is 10.6. The zero-order valence-electron chi connectivity index (χ0n) is 9.72. The van der Waals surface area contributed by atoms with E-state index in [1.54, 1.807) is 25.0 Å². The Hall–Kier alpha value is -1.42. The second-order valence-electron chi connectivity index (χ2n) is 3.85. The van der Waals surface area contributed by atoms with Crippen molar-refractivity contribution in [1.29, 1.82) is 0 Å². The van der Waals surface area contributed by atoms with Gasteiger partial charge in [-0.05, 0) is 25.2 Å². The van der Waals surface area contributed by atoms with E-state index in [1.165, 1.54) is 0 Å². The first-order chi connectivity index (χ1) is 8.27. The smallest absolute Gasteiger partial charge is 0.129 e. The lowest BCUT2D eigenvalue weighted by Gasteiger charge is -2.03. The SMILES string of the molecule is CC(=O)CCCSc1ncnc2ccccc12. The molecule has 4 heteroatoms. The molecule has 0 saturated carbocycles. The summed E-state index contributed by atoms with van der Waals surface area (Å²) >= 11 is 1.69. The van der Waals surface area contributed by atoms with E-state index in [4.69, 9.17) is 0 Å². The first kappa shape index (κ1) is 12.0. The Morgan fingerprint density at radius 3 is 2.94 bits per heavy atom. The first-order valence-corrected chi connectivity index (χ1v) is 6.58. The summed E-state index contributed by atoms with van der Waals surface area (Å²) < 4.78 is 0. The highest BCUT2D eigenvalue weighted by Crippen LogP contribution is 2.24. The van der Waals surface area contributed by atoms with Crippen LogP contribution in [0.1, 0.15) is 19.8 Å². The Kier molecular flexibility index (Phi) is 4.09. The summed E-state index contributed by atoms with van der Waals surface area (Å²) in [4.78, 5) is 19.3. The van der Waals surface area contributed by atoms with Crippen LogP contribution in [0.5, 0.6) is 0 Å². The molecule has 3 nitrogen and oxygen atoms in total. The number of thioether (sulfide) groups is 1. The van der Waals surface area contributed by atoms with E-state index in [0.717, 1.165) is 28.1 Å². The number of para-hydroxylation sites is 1. The van der Waals surface area contributed by atoms with Crippen molar-refractivity contribution in [1.82, 2.24) is 9.97 Å². The predicted molar refractivity (Wildman–Crippen MR) is 70.2 cm³/mol. The van der Waals surface area contributed by atoms with Crippen LogP contribution in [-0.4, -0.2) is 21.5 Å². The Morgan fingerprint density at radius 2 is 2.12 bits per heavy atom. The highest BCUT2D eigenvalue weighted by atomic mass is 32.2. The zero-order valence-corrected chi connectivity index (χ0v) is 10.5. The molecule has 88 valence electrons. The third-order valence-electron chi connectivity index (χ3n) is 2.42. The quantitative estimate of drug-likeness (QED) is 0.462. The highest BCUT2D eigenvalue weighted by molar-refractivity contribution is 7.99. The molecule has 2 rings (SSSR count). The van der Waals surface area contributed by atoms with Crippen molar-refractivity contribution in [3.05, 3.63) is 30.6 Å². The summed E-state index contributed by atoms with van der Waals surface area (Å²) in [6.45, 7) is 1.63. The predicted octanol–water partition coefficient (Wildman–Crippen LogP) is 3.09. The molecule has 0 spiro atoms. The molecule has 0 fully saturated rings. The maximum atomic E-state index is 10.8. The molecule has 0 amide bonds. The standard InChI is InChI=1S/C13H14N2OS/c1-10(16)5-4-8-17-13-11-6-2-3-7-12(11)14-9-15-13/h2-3,6-7,9H,4-5,8H2,1H3. The Labute approximate surface area is 105 Å². The van der Waals surface area contributed by atoms with E-state index in [0.29, 0.717) is 6.42 Å². The highest BCUT2D eigenvalue weighted by Gasteiger charge is 2.03. The van der Waals surface area contributed by atoms with Gasteiger partial charge in [-0.2, -0.15) is 0 Å². The van der Waals surface area contributed by atoms with Crippen LogP contribution in [0.25, 0.3) is 10.9 Å². The number of hydrogen-bond donors (Lipinski definition) is 0. The fourth-order valence-corrected chi connectivity index (χ4v) is 2.52. The van der Waals surface area contributed by atoms with Crippen LogP contribution in [0.2, 0.25) is 0 Å².